The summed E-state index contributed by atoms with van der Waals surface area (Å²) in [5.41, 5.74) is 2.10. The van der Waals surface area contributed by atoms with Crippen LogP contribution >= 0.6 is 0 Å². The van der Waals surface area contributed by atoms with Gasteiger partial charge in [0.15, 0.2) is 17.5 Å². The highest BCUT2D eigenvalue weighted by atomic mass is 16.5. The SMILES string of the molecule is COc1cccc(C[NH+](C)[C@@H](C)C(=O)Nc2cccc(C#N)c2)c1OC. The third-order valence-corrected chi connectivity index (χ3v) is 4.35. The minimum Gasteiger partial charge on any atom is -0.493 e. The first-order chi connectivity index (χ1) is 12.5. The van der Waals surface area contributed by atoms with Crippen LogP contribution in [0.4, 0.5) is 5.69 Å². The highest BCUT2D eigenvalue weighted by molar-refractivity contribution is 5.93. The van der Waals surface area contributed by atoms with E-state index in [1.807, 2.05) is 32.2 Å². The van der Waals surface area contributed by atoms with Crippen molar-refractivity contribution in [2.45, 2.75) is 19.5 Å². The van der Waals surface area contributed by atoms with Crippen LogP contribution in [0.25, 0.3) is 0 Å². The molecule has 2 aromatic carbocycles. The maximum absolute atomic E-state index is 12.6. The van der Waals surface area contributed by atoms with Gasteiger partial charge in [-0.15, -0.1) is 0 Å². The van der Waals surface area contributed by atoms with Gasteiger partial charge in [0.2, 0.25) is 0 Å². The number of carbonyl (C=O) groups excluding carboxylic acids is 1. The van der Waals surface area contributed by atoms with Gasteiger partial charge in [0.25, 0.3) is 5.91 Å². The molecule has 136 valence electrons. The fourth-order valence-corrected chi connectivity index (χ4v) is 2.69. The lowest BCUT2D eigenvalue weighted by atomic mass is 10.1. The molecular formula is C20H24N3O3+. The Bertz CT molecular complexity index is 814. The Kier molecular flexibility index (Phi) is 6.59. The standard InChI is InChI=1S/C20H23N3O3/c1-14(20(24)22-17-9-5-7-15(11-17)12-21)23(2)13-16-8-6-10-18(25-3)19(16)26-4/h5-11,14H,13H2,1-4H3,(H,22,24)/p+1/t14-/m0/s1. The second-order valence-corrected chi connectivity index (χ2v) is 6.08. The summed E-state index contributed by atoms with van der Waals surface area (Å²) >= 11 is 0. The number of hydrogen-bond donors (Lipinski definition) is 2. The maximum Gasteiger partial charge on any atom is 0.282 e. The Morgan fingerprint density at radius 2 is 1.96 bits per heavy atom. The normalized spacial score (nSPS) is 12.6. The maximum atomic E-state index is 12.6. The molecule has 1 amide bonds. The van der Waals surface area contributed by atoms with Crippen LogP contribution in [0.1, 0.15) is 18.1 Å². The summed E-state index contributed by atoms with van der Waals surface area (Å²) in [6.07, 6.45) is 0. The van der Waals surface area contributed by atoms with Crippen molar-refractivity contribution >= 4 is 11.6 Å². The Morgan fingerprint density at radius 1 is 1.23 bits per heavy atom. The zero-order chi connectivity index (χ0) is 19.1. The summed E-state index contributed by atoms with van der Waals surface area (Å²) in [7, 11) is 5.16. The molecule has 0 fully saturated rings. The molecule has 0 aliphatic rings. The molecule has 0 radical (unpaired) electrons. The molecule has 0 aromatic heterocycles. The van der Waals surface area contributed by atoms with Crippen LogP contribution in [0.5, 0.6) is 11.5 Å². The van der Waals surface area contributed by atoms with E-state index in [1.54, 1.807) is 38.5 Å². The summed E-state index contributed by atoms with van der Waals surface area (Å²) in [5, 5.41) is 11.8. The zero-order valence-corrected chi connectivity index (χ0v) is 15.5. The molecule has 0 heterocycles. The largest absolute Gasteiger partial charge is 0.493 e. The van der Waals surface area contributed by atoms with Gasteiger partial charge in [0, 0.05) is 5.69 Å². The van der Waals surface area contributed by atoms with Gasteiger partial charge in [-0.3, -0.25) is 4.79 Å². The van der Waals surface area contributed by atoms with Crippen LogP contribution in [0.2, 0.25) is 0 Å². The van der Waals surface area contributed by atoms with Crippen molar-refractivity contribution in [1.82, 2.24) is 0 Å². The lowest BCUT2D eigenvalue weighted by Crippen LogP contribution is -3.12. The number of para-hydroxylation sites is 1. The zero-order valence-electron chi connectivity index (χ0n) is 15.5. The fourth-order valence-electron chi connectivity index (χ4n) is 2.69. The van der Waals surface area contributed by atoms with E-state index in [9.17, 15) is 4.79 Å². The first-order valence-corrected chi connectivity index (χ1v) is 8.33. The lowest BCUT2D eigenvalue weighted by molar-refractivity contribution is -0.907. The monoisotopic (exact) mass is 354 g/mol. The molecule has 0 aliphatic carbocycles. The Morgan fingerprint density at radius 3 is 2.62 bits per heavy atom. The number of ether oxygens (including phenoxy) is 2. The van der Waals surface area contributed by atoms with Gasteiger partial charge in [0.05, 0.1) is 38.5 Å². The number of hydrogen-bond acceptors (Lipinski definition) is 4. The van der Waals surface area contributed by atoms with Crippen LogP contribution in [-0.4, -0.2) is 33.2 Å². The van der Waals surface area contributed by atoms with Crippen LogP contribution < -0.4 is 19.7 Å². The number of nitrogens with one attached hydrogen (secondary N) is 2. The highest BCUT2D eigenvalue weighted by Crippen LogP contribution is 2.30. The van der Waals surface area contributed by atoms with E-state index in [0.717, 1.165) is 10.5 Å². The van der Waals surface area contributed by atoms with Crippen molar-refractivity contribution < 1.29 is 19.2 Å². The van der Waals surface area contributed by atoms with Gasteiger partial charge in [-0.2, -0.15) is 5.26 Å². The molecule has 0 spiro atoms. The van der Waals surface area contributed by atoms with Gasteiger partial charge in [0.1, 0.15) is 6.54 Å². The number of likely N-dealkylation sites (N-methyl/N-ethyl adjacent to an activating group) is 1. The third-order valence-electron chi connectivity index (χ3n) is 4.35. The van der Waals surface area contributed by atoms with Gasteiger partial charge in [-0.25, -0.2) is 0 Å². The molecule has 2 rings (SSSR count). The number of nitriles is 1. The Balaban J connectivity index is 2.08. The highest BCUT2D eigenvalue weighted by Gasteiger charge is 2.24. The molecule has 0 saturated carbocycles. The fraction of sp³-hybridized carbons (Fsp3) is 0.300. The smallest absolute Gasteiger partial charge is 0.282 e. The quantitative estimate of drug-likeness (QED) is 0.792. The number of methoxy groups -OCH3 is 2. The average molecular weight is 354 g/mol. The van der Waals surface area contributed by atoms with Gasteiger partial charge in [-0.05, 0) is 37.3 Å². The molecule has 6 heteroatoms. The number of carbonyl (C=O) groups is 1. The van der Waals surface area contributed by atoms with Gasteiger partial charge < -0.3 is 19.7 Å². The molecule has 2 N–H and O–H groups in total. The van der Waals surface area contributed by atoms with Crippen LogP contribution in [0.3, 0.4) is 0 Å². The molecule has 2 aromatic rings. The third kappa shape index (κ3) is 4.52. The minimum atomic E-state index is -0.295. The van der Waals surface area contributed by atoms with Crippen LogP contribution in [0.15, 0.2) is 42.5 Å². The van der Waals surface area contributed by atoms with Crippen molar-refractivity contribution in [3.63, 3.8) is 0 Å². The number of amides is 1. The molecular weight excluding hydrogens is 330 g/mol. The molecule has 1 unspecified atom stereocenters. The molecule has 0 bridgehead atoms. The number of rotatable bonds is 7. The molecule has 0 aliphatic heterocycles. The minimum absolute atomic E-state index is 0.112. The van der Waals surface area contributed by atoms with Crippen LogP contribution in [-0.2, 0) is 11.3 Å². The second-order valence-electron chi connectivity index (χ2n) is 6.08. The van der Waals surface area contributed by atoms with E-state index >= 15 is 0 Å². The average Bonchev–Trinajstić information content (AvgIpc) is 2.67. The van der Waals surface area contributed by atoms with E-state index in [2.05, 4.69) is 11.4 Å². The predicted molar refractivity (Wildman–Crippen MR) is 99.4 cm³/mol. The molecule has 26 heavy (non-hydrogen) atoms. The Hall–Kier alpha value is -3.04. The lowest BCUT2D eigenvalue weighted by Gasteiger charge is -2.22. The summed E-state index contributed by atoms with van der Waals surface area (Å²) in [4.78, 5) is 13.6. The molecule has 0 saturated heterocycles. The van der Waals surface area contributed by atoms with Crippen LogP contribution in [0, 0.1) is 11.3 Å². The van der Waals surface area contributed by atoms with E-state index in [-0.39, 0.29) is 11.9 Å². The van der Waals surface area contributed by atoms with Gasteiger partial charge >= 0.3 is 0 Å². The predicted octanol–water partition coefficient (Wildman–Crippen LogP) is 1.62. The first kappa shape index (κ1) is 19.3. The summed E-state index contributed by atoms with van der Waals surface area (Å²) in [6.45, 7) is 2.47. The van der Waals surface area contributed by atoms with Crippen molar-refractivity contribution in [3.8, 4) is 17.6 Å². The van der Waals surface area contributed by atoms with Gasteiger partial charge in [-0.1, -0.05) is 12.1 Å². The number of quaternary nitrogens is 1. The molecule has 2 atom stereocenters. The first-order valence-electron chi connectivity index (χ1n) is 8.33. The van der Waals surface area contributed by atoms with Crippen molar-refractivity contribution in [2.75, 3.05) is 26.6 Å². The summed E-state index contributed by atoms with van der Waals surface area (Å²) in [6, 6.07) is 14.4. The van der Waals surface area contributed by atoms with Crippen molar-refractivity contribution in [3.05, 3.63) is 53.6 Å². The topological polar surface area (TPSA) is 75.8 Å². The number of nitrogens with zero attached hydrogens (tertiary/aromatic N) is 1. The number of anilines is 1. The molecule has 6 nitrogen and oxygen atoms in total. The second kappa shape index (κ2) is 8.88. The number of benzene rings is 2. The van der Waals surface area contributed by atoms with E-state index in [0.29, 0.717) is 29.3 Å². The summed E-state index contributed by atoms with van der Waals surface area (Å²) in [5.74, 6) is 1.24. The van der Waals surface area contributed by atoms with E-state index in [4.69, 9.17) is 14.7 Å². The Labute approximate surface area is 153 Å². The van der Waals surface area contributed by atoms with Crippen molar-refractivity contribution in [1.29, 1.82) is 5.26 Å². The van der Waals surface area contributed by atoms with E-state index < -0.39 is 0 Å². The van der Waals surface area contributed by atoms with Crippen molar-refractivity contribution in [2.24, 2.45) is 0 Å². The summed E-state index contributed by atoms with van der Waals surface area (Å²) < 4.78 is 10.8. The van der Waals surface area contributed by atoms with E-state index in [1.165, 1.54) is 0 Å².